The van der Waals surface area contributed by atoms with Gasteiger partial charge in [0.2, 0.25) is 0 Å². The average molecular weight is 365 g/mol. The summed E-state index contributed by atoms with van der Waals surface area (Å²) in [6.45, 7) is 6.56. The van der Waals surface area contributed by atoms with E-state index in [1.807, 2.05) is 30.3 Å². The van der Waals surface area contributed by atoms with Crippen LogP contribution < -0.4 is 0 Å². The van der Waals surface area contributed by atoms with Crippen LogP contribution >= 0.6 is 0 Å². The minimum Gasteiger partial charge on any atom is -0.469 e. The van der Waals surface area contributed by atoms with E-state index in [-0.39, 0.29) is 19.7 Å². The van der Waals surface area contributed by atoms with Crippen molar-refractivity contribution in [3.63, 3.8) is 0 Å². The number of carbonyl (C=O) groups is 3. The van der Waals surface area contributed by atoms with E-state index in [2.05, 4.69) is 4.74 Å². The number of hydrogen-bond donors (Lipinski definition) is 0. The van der Waals surface area contributed by atoms with E-state index in [0.29, 0.717) is 0 Å². The molecule has 7 heteroatoms. The molecule has 0 aliphatic carbocycles. The summed E-state index contributed by atoms with van der Waals surface area (Å²) in [6, 6.07) is 9.21. The number of hydrogen-bond acceptors (Lipinski definition) is 6. The van der Waals surface area contributed by atoms with Crippen LogP contribution in [0.15, 0.2) is 30.3 Å². The largest absolute Gasteiger partial charge is 0.469 e. The second-order valence-corrected chi connectivity index (χ2v) is 6.93. The van der Waals surface area contributed by atoms with Gasteiger partial charge >= 0.3 is 18.0 Å². The van der Waals surface area contributed by atoms with Crippen LogP contribution in [0.25, 0.3) is 0 Å². The zero-order valence-electron chi connectivity index (χ0n) is 16.0. The summed E-state index contributed by atoms with van der Waals surface area (Å²) in [4.78, 5) is 37.3. The smallest absolute Gasteiger partial charge is 0.410 e. The molecule has 1 atom stereocenters. The highest BCUT2D eigenvalue weighted by atomic mass is 16.6. The summed E-state index contributed by atoms with van der Waals surface area (Å²) in [7, 11) is 1.27. The summed E-state index contributed by atoms with van der Waals surface area (Å²) in [6.07, 6.45) is -0.690. The molecule has 1 aromatic rings. The number of methoxy groups -OCH3 is 1. The van der Waals surface area contributed by atoms with E-state index in [0.717, 1.165) is 10.5 Å². The van der Waals surface area contributed by atoms with Gasteiger partial charge in [-0.2, -0.15) is 0 Å². The molecule has 0 saturated heterocycles. The summed E-state index contributed by atoms with van der Waals surface area (Å²) >= 11 is 0. The predicted octanol–water partition coefficient (Wildman–Crippen LogP) is 2.78. The Labute approximate surface area is 154 Å². The fourth-order valence-corrected chi connectivity index (χ4v) is 2.08. The third-order valence-electron chi connectivity index (χ3n) is 3.31. The molecule has 1 aromatic carbocycles. The monoisotopic (exact) mass is 365 g/mol. The Hall–Kier alpha value is -2.57. The molecule has 0 spiro atoms. The molecule has 0 fully saturated rings. The molecule has 0 aliphatic rings. The van der Waals surface area contributed by atoms with E-state index >= 15 is 0 Å². The molecule has 0 bridgehead atoms. The van der Waals surface area contributed by atoms with E-state index in [4.69, 9.17) is 9.47 Å². The Morgan fingerprint density at radius 1 is 1.12 bits per heavy atom. The van der Waals surface area contributed by atoms with E-state index in [9.17, 15) is 14.4 Å². The molecule has 0 radical (unpaired) electrons. The molecule has 0 aliphatic heterocycles. The van der Waals surface area contributed by atoms with Crippen molar-refractivity contribution in [2.24, 2.45) is 5.92 Å². The van der Waals surface area contributed by atoms with Gasteiger partial charge in [-0.3, -0.25) is 14.5 Å². The molecule has 0 aromatic heterocycles. The van der Waals surface area contributed by atoms with Gasteiger partial charge in [-0.1, -0.05) is 37.3 Å². The Bertz CT molecular complexity index is 608. The lowest BCUT2D eigenvalue weighted by molar-refractivity contribution is -0.149. The lowest BCUT2D eigenvalue weighted by atomic mass is 10.1. The fourth-order valence-electron chi connectivity index (χ4n) is 2.08. The SMILES string of the molecule is COC(=O)[C@H](C)CN(CC(=O)OCc1ccccc1)C(=O)OC(C)(C)C. The lowest BCUT2D eigenvalue weighted by Gasteiger charge is -2.28. The first-order valence-electron chi connectivity index (χ1n) is 8.37. The van der Waals surface area contributed by atoms with Crippen molar-refractivity contribution in [1.29, 1.82) is 0 Å². The van der Waals surface area contributed by atoms with Crippen LogP contribution in [0.1, 0.15) is 33.3 Å². The normalized spacial score (nSPS) is 12.0. The fraction of sp³-hybridized carbons (Fsp3) is 0.526. The van der Waals surface area contributed by atoms with Gasteiger partial charge in [0, 0.05) is 6.54 Å². The molecule has 0 unspecified atom stereocenters. The van der Waals surface area contributed by atoms with Crippen molar-refractivity contribution in [2.45, 2.75) is 39.9 Å². The number of rotatable bonds is 7. The van der Waals surface area contributed by atoms with Gasteiger partial charge in [0.05, 0.1) is 13.0 Å². The van der Waals surface area contributed by atoms with Crippen molar-refractivity contribution in [3.8, 4) is 0 Å². The van der Waals surface area contributed by atoms with Gasteiger partial charge in [-0.25, -0.2) is 4.79 Å². The zero-order chi connectivity index (χ0) is 19.7. The quantitative estimate of drug-likeness (QED) is 0.546. The maximum absolute atomic E-state index is 12.4. The van der Waals surface area contributed by atoms with Crippen LogP contribution in [0, 0.1) is 5.92 Å². The van der Waals surface area contributed by atoms with Crippen molar-refractivity contribution >= 4 is 18.0 Å². The van der Waals surface area contributed by atoms with Gasteiger partial charge in [-0.05, 0) is 26.3 Å². The van der Waals surface area contributed by atoms with Crippen molar-refractivity contribution < 1.29 is 28.6 Å². The van der Waals surface area contributed by atoms with Crippen molar-refractivity contribution in [1.82, 2.24) is 4.90 Å². The topological polar surface area (TPSA) is 82.1 Å². The van der Waals surface area contributed by atoms with Gasteiger partial charge in [0.15, 0.2) is 0 Å². The second kappa shape index (κ2) is 9.79. The summed E-state index contributed by atoms with van der Waals surface area (Å²) in [5.41, 5.74) is 0.116. The number of nitrogens with zero attached hydrogens (tertiary/aromatic N) is 1. The number of esters is 2. The van der Waals surface area contributed by atoms with Crippen LogP contribution in [0.3, 0.4) is 0 Å². The highest BCUT2D eigenvalue weighted by molar-refractivity contribution is 5.79. The summed E-state index contributed by atoms with van der Waals surface area (Å²) < 4.78 is 15.2. The predicted molar refractivity (Wildman–Crippen MR) is 95.2 cm³/mol. The van der Waals surface area contributed by atoms with Gasteiger partial charge in [0.25, 0.3) is 0 Å². The van der Waals surface area contributed by atoms with Gasteiger partial charge in [0.1, 0.15) is 18.8 Å². The van der Waals surface area contributed by atoms with Gasteiger partial charge in [-0.15, -0.1) is 0 Å². The molecule has 26 heavy (non-hydrogen) atoms. The lowest BCUT2D eigenvalue weighted by Crippen LogP contribution is -2.43. The number of ether oxygens (including phenoxy) is 3. The summed E-state index contributed by atoms with van der Waals surface area (Å²) in [5.74, 6) is -1.66. The van der Waals surface area contributed by atoms with E-state index in [1.54, 1.807) is 27.7 Å². The standard InChI is InChI=1S/C19H27NO6/c1-14(17(22)24-5)11-20(18(23)26-19(2,3)4)12-16(21)25-13-15-9-7-6-8-10-15/h6-10,14H,11-13H2,1-5H3/t14-/m1/s1. The van der Waals surface area contributed by atoms with Crippen molar-refractivity contribution in [2.75, 3.05) is 20.2 Å². The maximum Gasteiger partial charge on any atom is 0.410 e. The first-order valence-corrected chi connectivity index (χ1v) is 8.37. The van der Waals surface area contributed by atoms with Crippen LogP contribution in [0.4, 0.5) is 4.79 Å². The molecule has 144 valence electrons. The Morgan fingerprint density at radius 3 is 2.27 bits per heavy atom. The molecular weight excluding hydrogens is 338 g/mol. The Balaban J connectivity index is 2.71. The molecule has 0 N–H and O–H groups in total. The van der Waals surface area contributed by atoms with Gasteiger partial charge < -0.3 is 14.2 Å². The number of benzene rings is 1. The first-order chi connectivity index (χ1) is 12.1. The zero-order valence-corrected chi connectivity index (χ0v) is 16.0. The molecule has 0 saturated carbocycles. The van der Waals surface area contributed by atoms with Crippen LogP contribution in [-0.4, -0.2) is 48.7 Å². The summed E-state index contributed by atoms with van der Waals surface area (Å²) in [5, 5.41) is 0. The number of amides is 1. The highest BCUT2D eigenvalue weighted by Crippen LogP contribution is 2.12. The van der Waals surface area contributed by atoms with Crippen molar-refractivity contribution in [3.05, 3.63) is 35.9 Å². The minimum absolute atomic E-state index is 0.0119. The van der Waals surface area contributed by atoms with Crippen LogP contribution in [0.5, 0.6) is 0 Å². The molecule has 1 rings (SSSR count). The second-order valence-electron chi connectivity index (χ2n) is 6.93. The van der Waals surface area contributed by atoms with E-state index < -0.39 is 29.6 Å². The van der Waals surface area contributed by atoms with E-state index in [1.165, 1.54) is 7.11 Å². The maximum atomic E-state index is 12.4. The molecule has 7 nitrogen and oxygen atoms in total. The average Bonchev–Trinajstić information content (AvgIpc) is 2.58. The molecular formula is C19H27NO6. The highest BCUT2D eigenvalue weighted by Gasteiger charge is 2.28. The van der Waals surface area contributed by atoms with Crippen LogP contribution in [-0.2, 0) is 30.4 Å². The van der Waals surface area contributed by atoms with Crippen LogP contribution in [0.2, 0.25) is 0 Å². The first kappa shape index (κ1) is 21.5. The third kappa shape index (κ3) is 8.00. The Morgan fingerprint density at radius 2 is 1.73 bits per heavy atom. The minimum atomic E-state index is -0.724. The number of carbonyl (C=O) groups excluding carboxylic acids is 3. The molecule has 1 amide bonds. The Kier molecular flexibility index (Phi) is 8.09. The molecule has 0 heterocycles. The third-order valence-corrected chi connectivity index (χ3v) is 3.31.